The first-order valence-electron chi connectivity index (χ1n) is 7.82. The molecule has 0 radical (unpaired) electrons. The summed E-state index contributed by atoms with van der Waals surface area (Å²) >= 11 is 0. The summed E-state index contributed by atoms with van der Waals surface area (Å²) in [7, 11) is 2.08. The maximum atomic E-state index is 12.9. The summed E-state index contributed by atoms with van der Waals surface area (Å²) in [5, 5.41) is 3.14. The lowest BCUT2D eigenvalue weighted by atomic mass is 9.84. The van der Waals surface area contributed by atoms with Crippen molar-refractivity contribution in [2.45, 2.75) is 70.6 Å². The fourth-order valence-electron chi connectivity index (χ4n) is 2.80. The van der Waals surface area contributed by atoms with Gasteiger partial charge in [0.15, 0.2) is 0 Å². The lowest BCUT2D eigenvalue weighted by Crippen LogP contribution is -2.45. The Bertz CT molecular complexity index is 266. The number of hydrogen-bond donors (Lipinski definition) is 1. The molecule has 2 nitrogen and oxygen atoms in total. The Kier molecular flexibility index (Phi) is 7.30. The zero-order chi connectivity index (χ0) is 15.2. The first kappa shape index (κ1) is 17.8. The Balaban J connectivity index is 2.22. The minimum Gasteiger partial charge on any atom is -0.313 e. The van der Waals surface area contributed by atoms with E-state index >= 15 is 0 Å². The van der Waals surface area contributed by atoms with Crippen molar-refractivity contribution >= 4 is 0 Å². The van der Waals surface area contributed by atoms with Crippen LogP contribution in [0.15, 0.2) is 0 Å². The van der Waals surface area contributed by atoms with Gasteiger partial charge in [0.2, 0.25) is 0 Å². The van der Waals surface area contributed by atoms with E-state index in [1.807, 2.05) is 0 Å². The summed E-state index contributed by atoms with van der Waals surface area (Å²) < 4.78 is 38.7. The number of halogens is 3. The zero-order valence-corrected chi connectivity index (χ0v) is 13.0. The Morgan fingerprint density at radius 2 is 1.80 bits per heavy atom. The van der Waals surface area contributed by atoms with Crippen molar-refractivity contribution in [3.63, 3.8) is 0 Å². The van der Waals surface area contributed by atoms with Crippen LogP contribution in [0.2, 0.25) is 0 Å². The summed E-state index contributed by atoms with van der Waals surface area (Å²) in [6.07, 6.45) is 0.508. The van der Waals surface area contributed by atoms with E-state index in [-0.39, 0.29) is 12.5 Å². The van der Waals surface area contributed by atoms with E-state index in [0.717, 1.165) is 25.8 Å². The quantitative estimate of drug-likeness (QED) is 0.718. The molecule has 0 spiro atoms. The summed E-state index contributed by atoms with van der Waals surface area (Å²) in [6.45, 7) is 6.00. The van der Waals surface area contributed by atoms with Crippen LogP contribution in [0.1, 0.15) is 52.4 Å². The van der Waals surface area contributed by atoms with Gasteiger partial charge in [-0.1, -0.05) is 12.8 Å². The fraction of sp³-hybridized carbons (Fsp3) is 1.00. The molecule has 0 amide bonds. The van der Waals surface area contributed by atoms with Crippen LogP contribution in [0.25, 0.3) is 0 Å². The zero-order valence-electron chi connectivity index (χ0n) is 13.0. The Morgan fingerprint density at radius 3 is 2.40 bits per heavy atom. The van der Waals surface area contributed by atoms with Crippen LogP contribution >= 0.6 is 0 Å². The molecule has 0 aromatic carbocycles. The molecule has 5 heteroatoms. The van der Waals surface area contributed by atoms with Gasteiger partial charge in [0, 0.05) is 12.1 Å². The predicted molar refractivity (Wildman–Crippen MR) is 76.8 cm³/mol. The first-order chi connectivity index (χ1) is 9.32. The average Bonchev–Trinajstić information content (AvgIpc) is 2.37. The molecular weight excluding hydrogens is 265 g/mol. The van der Waals surface area contributed by atoms with Gasteiger partial charge in [-0.15, -0.1) is 0 Å². The molecule has 1 N–H and O–H groups in total. The van der Waals surface area contributed by atoms with Crippen LogP contribution in [0.3, 0.4) is 0 Å². The number of unbranched alkanes of at least 4 members (excludes halogenated alkanes) is 1. The van der Waals surface area contributed by atoms with Crippen molar-refractivity contribution in [1.29, 1.82) is 0 Å². The van der Waals surface area contributed by atoms with E-state index in [1.54, 1.807) is 0 Å². The molecule has 1 saturated carbocycles. The molecule has 1 aliphatic rings. The van der Waals surface area contributed by atoms with E-state index < -0.39 is 12.1 Å². The van der Waals surface area contributed by atoms with Gasteiger partial charge >= 0.3 is 6.18 Å². The van der Waals surface area contributed by atoms with Crippen molar-refractivity contribution < 1.29 is 13.2 Å². The van der Waals surface area contributed by atoms with Gasteiger partial charge in [0.1, 0.15) is 0 Å². The predicted octanol–water partition coefficient (Wildman–Crippen LogP) is 3.82. The van der Waals surface area contributed by atoms with E-state index in [9.17, 15) is 13.2 Å². The monoisotopic (exact) mass is 294 g/mol. The second-order valence-electron chi connectivity index (χ2n) is 6.27. The summed E-state index contributed by atoms with van der Waals surface area (Å²) in [4.78, 5) is 2.26. The molecule has 20 heavy (non-hydrogen) atoms. The van der Waals surface area contributed by atoms with Crippen molar-refractivity contribution in [3.8, 4) is 0 Å². The maximum Gasteiger partial charge on any atom is 0.393 e. The van der Waals surface area contributed by atoms with Gasteiger partial charge in [-0.2, -0.15) is 13.2 Å². The van der Waals surface area contributed by atoms with Gasteiger partial charge in [0.25, 0.3) is 0 Å². The topological polar surface area (TPSA) is 15.3 Å². The molecule has 1 fully saturated rings. The largest absolute Gasteiger partial charge is 0.393 e. The SMILES string of the molecule is CC(C)N(C)CCCCNC1CCCCC1C(F)(F)F. The molecule has 1 rings (SSSR count). The lowest BCUT2D eigenvalue weighted by molar-refractivity contribution is -0.188. The van der Waals surface area contributed by atoms with Gasteiger partial charge in [-0.3, -0.25) is 0 Å². The van der Waals surface area contributed by atoms with Crippen LogP contribution in [0, 0.1) is 5.92 Å². The van der Waals surface area contributed by atoms with Crippen LogP contribution < -0.4 is 5.32 Å². The van der Waals surface area contributed by atoms with Crippen molar-refractivity contribution in [1.82, 2.24) is 10.2 Å². The number of alkyl halides is 3. The minimum atomic E-state index is -4.05. The molecule has 1 aliphatic carbocycles. The summed E-state index contributed by atoms with van der Waals surface area (Å²) in [6, 6.07) is 0.155. The second kappa shape index (κ2) is 8.23. The van der Waals surface area contributed by atoms with Crippen LogP contribution in [-0.2, 0) is 0 Å². The molecule has 0 aromatic rings. The number of rotatable bonds is 7. The van der Waals surface area contributed by atoms with Gasteiger partial charge < -0.3 is 10.2 Å². The molecular formula is C15H29F3N2. The van der Waals surface area contributed by atoms with E-state index in [0.29, 0.717) is 25.4 Å². The van der Waals surface area contributed by atoms with Crippen LogP contribution in [0.4, 0.5) is 13.2 Å². The Labute approximate surface area is 121 Å². The normalized spacial score (nSPS) is 24.6. The molecule has 2 unspecified atom stereocenters. The molecule has 2 atom stereocenters. The minimum absolute atomic E-state index is 0.289. The molecule has 0 heterocycles. The van der Waals surface area contributed by atoms with Gasteiger partial charge in [0.05, 0.1) is 5.92 Å². The third-order valence-corrected chi connectivity index (χ3v) is 4.41. The fourth-order valence-corrected chi connectivity index (χ4v) is 2.80. The molecule has 0 saturated heterocycles. The third kappa shape index (κ3) is 6.00. The standard InChI is InChI=1S/C15H29F3N2/c1-12(2)20(3)11-7-6-10-19-14-9-5-4-8-13(14)15(16,17)18/h12-14,19H,4-11H2,1-3H3. The highest BCUT2D eigenvalue weighted by molar-refractivity contribution is 4.85. The molecule has 120 valence electrons. The number of nitrogens with one attached hydrogen (secondary N) is 1. The summed E-state index contributed by atoms with van der Waals surface area (Å²) in [5.74, 6) is -1.14. The smallest absolute Gasteiger partial charge is 0.313 e. The first-order valence-corrected chi connectivity index (χ1v) is 7.82. The average molecular weight is 294 g/mol. The molecule has 0 bridgehead atoms. The highest BCUT2D eigenvalue weighted by atomic mass is 19.4. The summed E-state index contributed by atoms with van der Waals surface area (Å²) in [5.41, 5.74) is 0. The van der Waals surface area contributed by atoms with Crippen LogP contribution in [-0.4, -0.2) is 43.3 Å². The highest BCUT2D eigenvalue weighted by Gasteiger charge is 2.45. The number of nitrogens with zero attached hydrogens (tertiary/aromatic N) is 1. The van der Waals surface area contributed by atoms with Crippen molar-refractivity contribution in [3.05, 3.63) is 0 Å². The van der Waals surface area contributed by atoms with Crippen molar-refractivity contribution in [2.75, 3.05) is 20.1 Å². The number of hydrogen-bond acceptors (Lipinski definition) is 2. The van der Waals surface area contributed by atoms with Gasteiger partial charge in [-0.25, -0.2) is 0 Å². The van der Waals surface area contributed by atoms with E-state index in [2.05, 4.69) is 31.1 Å². The van der Waals surface area contributed by atoms with Gasteiger partial charge in [-0.05, 0) is 59.7 Å². The molecule has 0 aromatic heterocycles. The molecule has 0 aliphatic heterocycles. The lowest BCUT2D eigenvalue weighted by Gasteiger charge is -2.33. The van der Waals surface area contributed by atoms with E-state index in [1.165, 1.54) is 0 Å². The third-order valence-electron chi connectivity index (χ3n) is 4.41. The van der Waals surface area contributed by atoms with E-state index in [4.69, 9.17) is 0 Å². The van der Waals surface area contributed by atoms with Crippen molar-refractivity contribution in [2.24, 2.45) is 5.92 Å². The Morgan fingerprint density at radius 1 is 1.15 bits per heavy atom. The Hall–Kier alpha value is -0.290. The van der Waals surface area contributed by atoms with Crippen LogP contribution in [0.5, 0.6) is 0 Å². The second-order valence-corrected chi connectivity index (χ2v) is 6.27. The maximum absolute atomic E-state index is 12.9. The highest BCUT2D eigenvalue weighted by Crippen LogP contribution is 2.37.